The van der Waals surface area contributed by atoms with E-state index in [4.69, 9.17) is 15.2 Å². The second-order valence-corrected chi connectivity index (χ2v) is 8.01. The summed E-state index contributed by atoms with van der Waals surface area (Å²) in [5.41, 5.74) is 7.23. The number of ether oxygens (including phenoxy) is 2. The van der Waals surface area contributed by atoms with E-state index in [1.165, 1.54) is 0 Å². The van der Waals surface area contributed by atoms with Crippen LogP contribution in [0, 0.1) is 0 Å². The first-order chi connectivity index (χ1) is 13.7. The van der Waals surface area contributed by atoms with Gasteiger partial charge in [-0.1, -0.05) is 31.2 Å². The number of nitrogens with zero attached hydrogens (tertiary/aromatic N) is 1. The molecule has 0 spiro atoms. The van der Waals surface area contributed by atoms with Crippen molar-refractivity contribution in [3.8, 4) is 5.75 Å². The summed E-state index contributed by atoms with van der Waals surface area (Å²) in [6.45, 7) is 7.99. The number of carbonyl (C=O) groups is 1. The third kappa shape index (κ3) is 5.38. The van der Waals surface area contributed by atoms with Crippen LogP contribution >= 0.6 is 0 Å². The van der Waals surface area contributed by atoms with Gasteiger partial charge in [0.05, 0.1) is 6.61 Å². The molecule has 1 heterocycles. The van der Waals surface area contributed by atoms with Crippen LogP contribution in [0.2, 0.25) is 0 Å². The normalized spacial score (nSPS) is 12.4. The Morgan fingerprint density at radius 3 is 2.59 bits per heavy atom. The fourth-order valence-corrected chi connectivity index (χ4v) is 2.96. The van der Waals surface area contributed by atoms with Gasteiger partial charge in [0.1, 0.15) is 17.2 Å². The van der Waals surface area contributed by atoms with Gasteiger partial charge < -0.3 is 15.2 Å². The number of anilines is 2. The van der Waals surface area contributed by atoms with Crippen molar-refractivity contribution in [3.05, 3.63) is 60.3 Å². The lowest BCUT2D eigenvalue weighted by molar-refractivity contribution is 0.0635. The topological polar surface area (TPSA) is 86.5 Å². The van der Waals surface area contributed by atoms with Crippen LogP contribution in [0.15, 0.2) is 54.7 Å². The second-order valence-electron chi connectivity index (χ2n) is 8.01. The number of nitrogens with two attached hydrogens (primary N) is 1. The van der Waals surface area contributed by atoms with Crippen LogP contribution in [0.25, 0.3) is 10.8 Å². The third-order valence-corrected chi connectivity index (χ3v) is 4.39. The molecule has 1 aromatic heterocycles. The smallest absolute Gasteiger partial charge is 0.413 e. The molecule has 152 valence electrons. The summed E-state index contributed by atoms with van der Waals surface area (Å²) in [6.07, 6.45) is 1.14. The lowest BCUT2D eigenvalue weighted by Gasteiger charge is -2.20. The molecular weight excluding hydrogens is 366 g/mol. The zero-order valence-corrected chi connectivity index (χ0v) is 17.2. The highest BCUT2D eigenvalue weighted by Crippen LogP contribution is 2.31. The Morgan fingerprint density at radius 2 is 1.86 bits per heavy atom. The van der Waals surface area contributed by atoms with Crippen molar-refractivity contribution in [2.75, 3.05) is 17.7 Å². The van der Waals surface area contributed by atoms with Crippen LogP contribution < -0.4 is 15.8 Å². The summed E-state index contributed by atoms with van der Waals surface area (Å²) in [4.78, 5) is 16.2. The first-order valence-corrected chi connectivity index (χ1v) is 9.59. The van der Waals surface area contributed by atoms with Gasteiger partial charge in [0.25, 0.3) is 0 Å². The molecule has 2 aromatic carbocycles. The average molecular weight is 393 g/mol. The van der Waals surface area contributed by atoms with Gasteiger partial charge in [0.15, 0.2) is 0 Å². The number of amides is 1. The fraction of sp³-hybridized carbons (Fsp3) is 0.304. The molecule has 0 aliphatic carbocycles. The van der Waals surface area contributed by atoms with Gasteiger partial charge in [-0.15, -0.1) is 0 Å². The Balaban J connectivity index is 1.68. The molecule has 29 heavy (non-hydrogen) atoms. The Bertz CT molecular complexity index is 1010. The molecule has 0 fully saturated rings. The van der Waals surface area contributed by atoms with E-state index in [0.29, 0.717) is 12.4 Å². The monoisotopic (exact) mass is 393 g/mol. The van der Waals surface area contributed by atoms with Crippen LogP contribution in [-0.2, 0) is 4.74 Å². The molecule has 1 atom stereocenters. The standard InChI is InChI=1S/C23H27N3O3/c1-15(14-28-20-10-9-19(24)17-7-5-6-8-18(17)20)16-11-12-25-21(13-16)26-22(27)29-23(2,3)4/h5-13,15H,14,24H2,1-4H3,(H,25,26,27). The van der Waals surface area contributed by atoms with Crippen molar-refractivity contribution in [1.29, 1.82) is 0 Å². The van der Waals surface area contributed by atoms with Gasteiger partial charge in [-0.3, -0.25) is 5.32 Å². The number of benzene rings is 2. The third-order valence-electron chi connectivity index (χ3n) is 4.39. The molecule has 0 aliphatic heterocycles. The van der Waals surface area contributed by atoms with E-state index >= 15 is 0 Å². The molecule has 6 nitrogen and oxygen atoms in total. The summed E-state index contributed by atoms with van der Waals surface area (Å²) in [5.74, 6) is 1.33. The summed E-state index contributed by atoms with van der Waals surface area (Å²) in [6, 6.07) is 15.4. The van der Waals surface area contributed by atoms with Crippen molar-refractivity contribution in [2.24, 2.45) is 0 Å². The van der Waals surface area contributed by atoms with Crippen molar-refractivity contribution in [1.82, 2.24) is 4.98 Å². The molecule has 6 heteroatoms. The number of pyridine rings is 1. The molecular formula is C23H27N3O3. The second kappa shape index (κ2) is 8.39. The number of fused-ring (bicyclic) bond motifs is 1. The number of hydrogen-bond donors (Lipinski definition) is 2. The Morgan fingerprint density at radius 1 is 1.14 bits per heavy atom. The zero-order valence-electron chi connectivity index (χ0n) is 17.2. The highest BCUT2D eigenvalue weighted by Gasteiger charge is 2.17. The van der Waals surface area contributed by atoms with Crippen molar-refractivity contribution >= 4 is 28.4 Å². The van der Waals surface area contributed by atoms with Crippen LogP contribution in [-0.4, -0.2) is 23.3 Å². The van der Waals surface area contributed by atoms with E-state index in [9.17, 15) is 4.79 Å². The molecule has 0 saturated carbocycles. The molecule has 0 bridgehead atoms. The minimum absolute atomic E-state index is 0.0912. The lowest BCUT2D eigenvalue weighted by Crippen LogP contribution is -2.27. The van der Waals surface area contributed by atoms with Gasteiger partial charge in [-0.2, -0.15) is 0 Å². The Labute approximate surface area is 171 Å². The van der Waals surface area contributed by atoms with Crippen LogP contribution in [0.4, 0.5) is 16.3 Å². The first kappa shape index (κ1) is 20.5. The van der Waals surface area contributed by atoms with Crippen LogP contribution in [0.5, 0.6) is 5.75 Å². The number of carbonyl (C=O) groups excluding carboxylic acids is 1. The number of hydrogen-bond acceptors (Lipinski definition) is 5. The lowest BCUT2D eigenvalue weighted by atomic mass is 10.0. The molecule has 3 aromatic rings. The maximum Gasteiger partial charge on any atom is 0.413 e. The highest BCUT2D eigenvalue weighted by molar-refractivity contribution is 5.97. The average Bonchev–Trinajstić information content (AvgIpc) is 2.66. The number of nitrogen functional groups attached to an aromatic ring is 1. The predicted octanol–water partition coefficient (Wildman–Crippen LogP) is 5.35. The zero-order chi connectivity index (χ0) is 21.0. The summed E-state index contributed by atoms with van der Waals surface area (Å²) in [5, 5.41) is 4.64. The molecule has 3 N–H and O–H groups in total. The van der Waals surface area contributed by atoms with Gasteiger partial charge in [0.2, 0.25) is 0 Å². The van der Waals surface area contributed by atoms with E-state index in [1.807, 2.05) is 69.3 Å². The molecule has 1 amide bonds. The molecule has 0 aliphatic rings. The predicted molar refractivity (Wildman–Crippen MR) is 116 cm³/mol. The first-order valence-electron chi connectivity index (χ1n) is 9.59. The van der Waals surface area contributed by atoms with Crippen molar-refractivity contribution < 1.29 is 14.3 Å². The number of rotatable bonds is 5. The summed E-state index contributed by atoms with van der Waals surface area (Å²) < 4.78 is 11.4. The Kier molecular flexibility index (Phi) is 5.92. The van der Waals surface area contributed by atoms with Gasteiger partial charge in [0, 0.05) is 28.6 Å². The quantitative estimate of drug-likeness (QED) is 0.571. The van der Waals surface area contributed by atoms with Gasteiger partial charge in [-0.05, 0) is 50.6 Å². The number of aromatic nitrogens is 1. The van der Waals surface area contributed by atoms with Crippen molar-refractivity contribution in [3.63, 3.8) is 0 Å². The fourth-order valence-electron chi connectivity index (χ4n) is 2.96. The van der Waals surface area contributed by atoms with E-state index in [0.717, 1.165) is 27.8 Å². The van der Waals surface area contributed by atoms with E-state index in [2.05, 4.69) is 17.2 Å². The summed E-state index contributed by atoms with van der Waals surface area (Å²) >= 11 is 0. The SMILES string of the molecule is CC(COc1ccc(N)c2ccccc12)c1ccnc(NC(=O)OC(C)(C)C)c1. The maximum absolute atomic E-state index is 12.0. The van der Waals surface area contributed by atoms with Crippen LogP contribution in [0.3, 0.4) is 0 Å². The molecule has 1 unspecified atom stereocenters. The Hall–Kier alpha value is -3.28. The summed E-state index contributed by atoms with van der Waals surface area (Å²) in [7, 11) is 0. The van der Waals surface area contributed by atoms with Crippen molar-refractivity contribution in [2.45, 2.75) is 39.2 Å². The highest BCUT2D eigenvalue weighted by atomic mass is 16.6. The van der Waals surface area contributed by atoms with E-state index in [1.54, 1.807) is 6.20 Å². The van der Waals surface area contributed by atoms with Gasteiger partial charge in [-0.25, -0.2) is 9.78 Å². The van der Waals surface area contributed by atoms with Gasteiger partial charge >= 0.3 is 6.09 Å². The largest absolute Gasteiger partial charge is 0.492 e. The van der Waals surface area contributed by atoms with Crippen LogP contribution in [0.1, 0.15) is 39.2 Å². The van der Waals surface area contributed by atoms with E-state index in [-0.39, 0.29) is 5.92 Å². The minimum Gasteiger partial charge on any atom is -0.492 e. The maximum atomic E-state index is 12.0. The molecule has 0 saturated heterocycles. The number of nitrogens with one attached hydrogen (secondary N) is 1. The van der Waals surface area contributed by atoms with E-state index < -0.39 is 11.7 Å². The molecule has 0 radical (unpaired) electrons. The minimum atomic E-state index is -0.565. The molecule has 3 rings (SSSR count).